The molecule has 0 atom stereocenters. The van der Waals surface area contributed by atoms with Gasteiger partial charge in [0.05, 0.1) is 13.1 Å². The summed E-state index contributed by atoms with van der Waals surface area (Å²) in [5, 5.41) is 8.85. The molecule has 0 aliphatic carbocycles. The molecule has 1 aromatic rings. The van der Waals surface area contributed by atoms with Crippen molar-refractivity contribution in [3.05, 3.63) is 22.6 Å². The van der Waals surface area contributed by atoms with E-state index in [0.717, 1.165) is 5.76 Å². The van der Waals surface area contributed by atoms with Crippen molar-refractivity contribution >= 4 is 21.9 Å². The van der Waals surface area contributed by atoms with Crippen LogP contribution in [0.5, 0.6) is 0 Å². The molecule has 0 fully saturated rings. The van der Waals surface area contributed by atoms with E-state index in [9.17, 15) is 4.79 Å². The van der Waals surface area contributed by atoms with E-state index in [1.807, 2.05) is 31.7 Å². The average molecular weight is 290 g/mol. The van der Waals surface area contributed by atoms with Crippen LogP contribution in [0.1, 0.15) is 26.5 Å². The fraction of sp³-hybridized carbons (Fsp3) is 0.545. The largest absolute Gasteiger partial charge is 0.480 e. The van der Waals surface area contributed by atoms with Crippen LogP contribution in [0.4, 0.5) is 0 Å². The summed E-state index contributed by atoms with van der Waals surface area (Å²) >= 11 is 3.22. The minimum Gasteiger partial charge on any atom is -0.480 e. The van der Waals surface area contributed by atoms with Crippen molar-refractivity contribution in [2.45, 2.75) is 32.9 Å². The van der Waals surface area contributed by atoms with Gasteiger partial charge in [0.1, 0.15) is 5.76 Å². The quantitative estimate of drug-likeness (QED) is 0.926. The van der Waals surface area contributed by atoms with Crippen LogP contribution in [0, 0.1) is 0 Å². The van der Waals surface area contributed by atoms with Crippen LogP contribution in [0.3, 0.4) is 0 Å². The molecule has 0 amide bonds. The lowest BCUT2D eigenvalue weighted by atomic mass is 10.1. The maximum atomic E-state index is 10.8. The number of rotatable bonds is 4. The van der Waals surface area contributed by atoms with Crippen molar-refractivity contribution in [1.82, 2.24) is 4.90 Å². The van der Waals surface area contributed by atoms with Crippen LogP contribution >= 0.6 is 15.9 Å². The van der Waals surface area contributed by atoms with Crippen LogP contribution in [0.15, 0.2) is 21.2 Å². The minimum absolute atomic E-state index is 0.00180. The highest BCUT2D eigenvalue weighted by molar-refractivity contribution is 9.10. The number of halogens is 1. The van der Waals surface area contributed by atoms with Crippen molar-refractivity contribution in [2.75, 3.05) is 6.54 Å². The third kappa shape index (κ3) is 3.98. The maximum Gasteiger partial charge on any atom is 0.317 e. The first-order chi connectivity index (χ1) is 7.29. The van der Waals surface area contributed by atoms with Crippen LogP contribution in [-0.4, -0.2) is 28.1 Å². The third-order valence-electron chi connectivity index (χ3n) is 2.25. The van der Waals surface area contributed by atoms with Crippen LogP contribution < -0.4 is 0 Å². The average Bonchev–Trinajstić information content (AvgIpc) is 2.47. The Labute approximate surface area is 103 Å². The van der Waals surface area contributed by atoms with E-state index in [1.54, 1.807) is 6.07 Å². The van der Waals surface area contributed by atoms with E-state index in [-0.39, 0.29) is 12.1 Å². The molecule has 1 rings (SSSR count). The first kappa shape index (κ1) is 13.3. The van der Waals surface area contributed by atoms with E-state index >= 15 is 0 Å². The van der Waals surface area contributed by atoms with Gasteiger partial charge in [0.2, 0.25) is 0 Å². The number of carboxylic acid groups (broad SMARTS) is 1. The third-order valence-corrected chi connectivity index (χ3v) is 2.68. The lowest BCUT2D eigenvalue weighted by Crippen LogP contribution is -2.43. The summed E-state index contributed by atoms with van der Waals surface area (Å²) in [4.78, 5) is 12.6. The molecule has 0 spiro atoms. The number of furan rings is 1. The van der Waals surface area contributed by atoms with Crippen LogP contribution in [0.2, 0.25) is 0 Å². The molecule has 0 aromatic carbocycles. The van der Waals surface area contributed by atoms with Gasteiger partial charge in [-0.25, -0.2) is 0 Å². The van der Waals surface area contributed by atoms with Gasteiger partial charge in [-0.05, 0) is 48.8 Å². The molecule has 0 unspecified atom stereocenters. The zero-order chi connectivity index (χ0) is 12.3. The standard InChI is InChI=1S/C11H16BrNO3/c1-11(2,3)13(7-10(14)15)6-8-4-5-9(12)16-8/h4-5H,6-7H2,1-3H3,(H,14,15). The highest BCUT2D eigenvalue weighted by Crippen LogP contribution is 2.20. The summed E-state index contributed by atoms with van der Waals surface area (Å²) in [6, 6.07) is 3.64. The summed E-state index contributed by atoms with van der Waals surface area (Å²) in [7, 11) is 0. The second-order valence-electron chi connectivity index (χ2n) is 4.63. The molecule has 1 aromatic heterocycles. The Balaban J connectivity index is 2.74. The van der Waals surface area contributed by atoms with Gasteiger partial charge in [0.25, 0.3) is 0 Å². The molecule has 0 bridgehead atoms. The van der Waals surface area contributed by atoms with Crippen LogP contribution in [-0.2, 0) is 11.3 Å². The Morgan fingerprint density at radius 2 is 2.12 bits per heavy atom. The predicted molar refractivity (Wildman–Crippen MR) is 64.2 cm³/mol. The van der Waals surface area contributed by atoms with Gasteiger partial charge in [-0.3, -0.25) is 9.69 Å². The van der Waals surface area contributed by atoms with Gasteiger partial charge in [0, 0.05) is 5.54 Å². The molecule has 1 N–H and O–H groups in total. The van der Waals surface area contributed by atoms with Crippen molar-refractivity contribution in [2.24, 2.45) is 0 Å². The zero-order valence-corrected chi connectivity index (χ0v) is 11.2. The molecule has 16 heavy (non-hydrogen) atoms. The molecule has 0 saturated carbocycles. The minimum atomic E-state index is -0.833. The number of aliphatic carboxylic acids is 1. The molecule has 5 heteroatoms. The molecule has 90 valence electrons. The van der Waals surface area contributed by atoms with Gasteiger partial charge < -0.3 is 9.52 Å². The molecule has 0 radical (unpaired) electrons. The highest BCUT2D eigenvalue weighted by atomic mass is 79.9. The van der Waals surface area contributed by atoms with E-state index < -0.39 is 5.97 Å². The summed E-state index contributed by atoms with van der Waals surface area (Å²) in [6.45, 7) is 6.43. The number of nitrogens with zero attached hydrogens (tertiary/aromatic N) is 1. The Kier molecular flexibility index (Phi) is 4.15. The first-order valence-electron chi connectivity index (χ1n) is 5.00. The number of hydrogen-bond acceptors (Lipinski definition) is 3. The first-order valence-corrected chi connectivity index (χ1v) is 5.79. The fourth-order valence-corrected chi connectivity index (χ4v) is 1.66. The molecular weight excluding hydrogens is 274 g/mol. The van der Waals surface area contributed by atoms with Gasteiger partial charge in [-0.2, -0.15) is 0 Å². The molecule has 1 heterocycles. The van der Waals surface area contributed by atoms with Crippen molar-refractivity contribution in [3.8, 4) is 0 Å². The Morgan fingerprint density at radius 1 is 1.50 bits per heavy atom. The topological polar surface area (TPSA) is 53.7 Å². The highest BCUT2D eigenvalue weighted by Gasteiger charge is 2.24. The number of carboxylic acids is 1. The van der Waals surface area contributed by atoms with Crippen molar-refractivity contribution in [1.29, 1.82) is 0 Å². The Morgan fingerprint density at radius 3 is 2.50 bits per heavy atom. The van der Waals surface area contributed by atoms with E-state index in [0.29, 0.717) is 11.2 Å². The smallest absolute Gasteiger partial charge is 0.317 e. The normalized spacial score (nSPS) is 12.1. The molecule has 0 aliphatic rings. The summed E-state index contributed by atoms with van der Waals surface area (Å²) in [5.74, 6) is -0.0800. The van der Waals surface area contributed by atoms with Crippen molar-refractivity contribution < 1.29 is 14.3 Å². The summed E-state index contributed by atoms with van der Waals surface area (Å²) in [6.07, 6.45) is 0. The molecule has 0 saturated heterocycles. The van der Waals surface area contributed by atoms with E-state index in [4.69, 9.17) is 9.52 Å². The SMILES string of the molecule is CC(C)(C)N(CC(=O)O)Cc1ccc(Br)o1. The predicted octanol–water partition coefficient (Wildman–Crippen LogP) is 2.73. The van der Waals surface area contributed by atoms with Gasteiger partial charge in [0.15, 0.2) is 4.67 Å². The fourth-order valence-electron chi connectivity index (χ4n) is 1.32. The lowest BCUT2D eigenvalue weighted by molar-refractivity contribution is -0.140. The number of hydrogen-bond donors (Lipinski definition) is 1. The molecule has 0 aliphatic heterocycles. The second kappa shape index (κ2) is 5.01. The zero-order valence-electron chi connectivity index (χ0n) is 9.66. The maximum absolute atomic E-state index is 10.8. The Bertz CT molecular complexity index is 368. The second-order valence-corrected chi connectivity index (χ2v) is 5.41. The van der Waals surface area contributed by atoms with Crippen LogP contribution in [0.25, 0.3) is 0 Å². The summed E-state index contributed by atoms with van der Waals surface area (Å²) < 4.78 is 6.03. The molecular formula is C11H16BrNO3. The Hall–Kier alpha value is -0.810. The van der Waals surface area contributed by atoms with Gasteiger partial charge >= 0.3 is 5.97 Å². The lowest BCUT2D eigenvalue weighted by Gasteiger charge is -2.33. The van der Waals surface area contributed by atoms with E-state index in [2.05, 4.69) is 15.9 Å². The monoisotopic (exact) mass is 289 g/mol. The molecule has 4 nitrogen and oxygen atoms in total. The van der Waals surface area contributed by atoms with E-state index in [1.165, 1.54) is 0 Å². The van der Waals surface area contributed by atoms with Gasteiger partial charge in [-0.1, -0.05) is 0 Å². The summed E-state index contributed by atoms with van der Waals surface area (Å²) in [5.41, 5.74) is -0.211. The van der Waals surface area contributed by atoms with Crippen molar-refractivity contribution in [3.63, 3.8) is 0 Å². The van der Waals surface area contributed by atoms with Gasteiger partial charge in [-0.15, -0.1) is 0 Å². The number of carbonyl (C=O) groups is 1.